The molecule has 13 heteroatoms. The molecule has 2 atom stereocenters. The number of nitrogens with zero attached hydrogens (tertiary/aromatic N) is 3. The number of piperazine rings is 1. The van der Waals surface area contributed by atoms with Crippen molar-refractivity contribution in [3.05, 3.63) is 29.3 Å². The Morgan fingerprint density at radius 3 is 2.29 bits per heavy atom. The van der Waals surface area contributed by atoms with Gasteiger partial charge in [-0.3, -0.25) is 4.90 Å². The van der Waals surface area contributed by atoms with Crippen molar-refractivity contribution >= 4 is 27.7 Å². The van der Waals surface area contributed by atoms with Crippen LogP contribution in [0, 0.1) is 0 Å². The highest BCUT2D eigenvalue weighted by Crippen LogP contribution is 2.36. The largest absolute Gasteiger partial charge is 0.448 e. The van der Waals surface area contributed by atoms with Gasteiger partial charge in [-0.1, -0.05) is 18.0 Å². The molecule has 2 N–H and O–H groups in total. The number of amides is 1. The molecule has 0 radical (unpaired) electrons. The lowest BCUT2D eigenvalue weighted by atomic mass is 9.96. The van der Waals surface area contributed by atoms with Gasteiger partial charge in [0.05, 0.1) is 17.4 Å². The van der Waals surface area contributed by atoms with Gasteiger partial charge >= 0.3 is 12.3 Å². The zero-order valence-electron chi connectivity index (χ0n) is 18.7. The van der Waals surface area contributed by atoms with E-state index in [4.69, 9.17) is 22.1 Å². The molecule has 0 spiro atoms. The summed E-state index contributed by atoms with van der Waals surface area (Å²) in [6, 6.07) is 3.09. The number of piperidine rings is 1. The number of carbonyl (C=O) groups excluding carboxylic acids is 1. The van der Waals surface area contributed by atoms with Crippen LogP contribution in [0.4, 0.5) is 18.0 Å². The number of hydrogen-bond donors (Lipinski definition) is 1. The van der Waals surface area contributed by atoms with Gasteiger partial charge in [0, 0.05) is 50.3 Å². The summed E-state index contributed by atoms with van der Waals surface area (Å²) < 4.78 is 72.9. The van der Waals surface area contributed by atoms with Crippen LogP contribution in [0.15, 0.2) is 29.2 Å². The van der Waals surface area contributed by atoms with Gasteiger partial charge < -0.3 is 15.4 Å². The highest BCUT2D eigenvalue weighted by molar-refractivity contribution is 7.89. The zero-order valence-corrected chi connectivity index (χ0v) is 20.3. The van der Waals surface area contributed by atoms with Crippen molar-refractivity contribution in [1.82, 2.24) is 14.1 Å². The summed E-state index contributed by atoms with van der Waals surface area (Å²) in [6.07, 6.45) is -5.66. The molecule has 0 saturated carbocycles. The third-order valence-corrected chi connectivity index (χ3v) is 8.40. The van der Waals surface area contributed by atoms with Crippen LogP contribution < -0.4 is 5.73 Å². The quantitative estimate of drug-likeness (QED) is 0.587. The molecule has 2 unspecified atom stereocenters. The Morgan fingerprint density at radius 2 is 1.71 bits per heavy atom. The molecule has 192 valence electrons. The van der Waals surface area contributed by atoms with Gasteiger partial charge in [-0.25, -0.2) is 13.2 Å². The predicted octanol–water partition coefficient (Wildman–Crippen LogP) is 2.92. The highest BCUT2D eigenvalue weighted by Gasteiger charge is 2.45. The van der Waals surface area contributed by atoms with Crippen LogP contribution in [0.2, 0.25) is 5.02 Å². The van der Waals surface area contributed by atoms with Gasteiger partial charge in [0.2, 0.25) is 10.0 Å². The number of rotatable bonds is 7. The minimum absolute atomic E-state index is 0.0693. The Labute approximate surface area is 202 Å². The molecule has 1 aromatic rings. The van der Waals surface area contributed by atoms with Crippen LogP contribution in [0.5, 0.6) is 0 Å². The molecule has 2 heterocycles. The summed E-state index contributed by atoms with van der Waals surface area (Å²) >= 11 is 5.85. The van der Waals surface area contributed by atoms with E-state index >= 15 is 0 Å². The van der Waals surface area contributed by atoms with Gasteiger partial charge in [0.15, 0.2) is 0 Å². The molecule has 0 aromatic heterocycles. The average molecular weight is 527 g/mol. The van der Waals surface area contributed by atoms with E-state index < -0.39 is 40.8 Å². The second-order valence-electron chi connectivity index (χ2n) is 8.54. The van der Waals surface area contributed by atoms with E-state index in [9.17, 15) is 26.4 Å². The van der Waals surface area contributed by atoms with Gasteiger partial charge in [0.1, 0.15) is 6.61 Å². The van der Waals surface area contributed by atoms with E-state index in [1.54, 1.807) is 0 Å². The van der Waals surface area contributed by atoms with E-state index in [1.165, 1.54) is 29.2 Å². The molecule has 2 aliphatic rings. The minimum atomic E-state index is -4.54. The molecule has 3 rings (SSSR count). The Hall–Kier alpha value is -1.60. The van der Waals surface area contributed by atoms with Crippen LogP contribution in [0.25, 0.3) is 0 Å². The second-order valence-corrected chi connectivity index (χ2v) is 10.8. The van der Waals surface area contributed by atoms with Gasteiger partial charge in [-0.15, -0.1) is 0 Å². The van der Waals surface area contributed by atoms with Crippen LogP contribution in [-0.2, 0) is 14.8 Å². The van der Waals surface area contributed by atoms with Crippen molar-refractivity contribution in [3.63, 3.8) is 0 Å². The zero-order chi connectivity index (χ0) is 24.9. The fourth-order valence-electron chi connectivity index (χ4n) is 4.47. The smallest absolute Gasteiger partial charge is 0.409 e. The van der Waals surface area contributed by atoms with Crippen LogP contribution in [-0.4, -0.2) is 92.8 Å². The fourth-order valence-corrected chi connectivity index (χ4v) is 6.45. The number of nitrogens with two attached hydrogens (primary N) is 1. The summed E-state index contributed by atoms with van der Waals surface area (Å²) in [4.78, 5) is 16.1. The molecule has 2 aliphatic heterocycles. The van der Waals surface area contributed by atoms with E-state index in [0.29, 0.717) is 50.6 Å². The first-order chi connectivity index (χ1) is 16.0. The van der Waals surface area contributed by atoms with E-state index in [-0.39, 0.29) is 17.9 Å². The maximum absolute atomic E-state index is 13.4. The molecule has 0 aliphatic carbocycles. The number of sulfonamides is 1. The Kier molecular flexibility index (Phi) is 9.07. The van der Waals surface area contributed by atoms with Gasteiger partial charge in [-0.05, 0) is 37.1 Å². The summed E-state index contributed by atoms with van der Waals surface area (Å²) in [5.41, 5.74) is 5.55. The third kappa shape index (κ3) is 6.97. The topological polar surface area (TPSA) is 96.2 Å². The van der Waals surface area contributed by atoms with E-state index in [1.807, 2.05) is 0 Å². The molecule has 1 aromatic carbocycles. The van der Waals surface area contributed by atoms with Crippen molar-refractivity contribution in [2.45, 2.75) is 48.8 Å². The fraction of sp³-hybridized carbons (Fsp3) is 0.667. The molecule has 0 bridgehead atoms. The summed E-state index contributed by atoms with van der Waals surface area (Å²) in [5.74, 6) is 0. The maximum Gasteiger partial charge on any atom is 0.409 e. The number of carbonyl (C=O) groups is 1. The van der Waals surface area contributed by atoms with Crippen molar-refractivity contribution in [3.8, 4) is 0 Å². The van der Waals surface area contributed by atoms with Crippen molar-refractivity contribution < 1.29 is 31.1 Å². The third-order valence-electron chi connectivity index (χ3n) is 6.13. The van der Waals surface area contributed by atoms with Crippen LogP contribution in [0.1, 0.15) is 25.7 Å². The number of halogens is 4. The molecule has 34 heavy (non-hydrogen) atoms. The number of alkyl halides is 3. The van der Waals surface area contributed by atoms with Crippen LogP contribution in [0.3, 0.4) is 0 Å². The lowest BCUT2D eigenvalue weighted by molar-refractivity contribution is -0.147. The highest BCUT2D eigenvalue weighted by atomic mass is 35.5. The lowest BCUT2D eigenvalue weighted by Gasteiger charge is -2.41. The van der Waals surface area contributed by atoms with Crippen molar-refractivity contribution in [2.75, 3.05) is 45.9 Å². The Balaban J connectivity index is 1.74. The first-order valence-electron chi connectivity index (χ1n) is 11.2. The molecular formula is C21H30ClF3N4O4S. The Bertz CT molecular complexity index is 925. The molecule has 2 saturated heterocycles. The average Bonchev–Trinajstić information content (AvgIpc) is 2.77. The summed E-state index contributed by atoms with van der Waals surface area (Å²) in [7, 11) is -4.28. The SMILES string of the molecule is NCCN1CCN(C(=O)OCC2CCCC(CC(F)(F)F)N2S(=O)(=O)c2ccc(Cl)cc2)CC1. The maximum atomic E-state index is 13.4. The standard InChI is InChI=1S/C21H30ClF3N4O4S/c22-16-4-6-19(7-5-16)34(31,32)29-17(14-21(23,24)25)2-1-3-18(29)15-33-20(30)28-12-10-27(9-8-26)11-13-28/h4-7,17-18H,1-3,8-15,26H2. The van der Waals surface area contributed by atoms with E-state index in [0.717, 1.165) is 10.8 Å². The summed E-state index contributed by atoms with van der Waals surface area (Å²) in [5, 5.41) is 0.307. The second kappa shape index (κ2) is 11.4. The number of ether oxygens (including phenoxy) is 1. The number of benzene rings is 1. The molecule has 2 fully saturated rings. The van der Waals surface area contributed by atoms with Crippen molar-refractivity contribution in [2.24, 2.45) is 5.73 Å². The molecule has 8 nitrogen and oxygen atoms in total. The Morgan fingerprint density at radius 1 is 1.09 bits per heavy atom. The monoisotopic (exact) mass is 526 g/mol. The van der Waals surface area contributed by atoms with Gasteiger partial charge in [-0.2, -0.15) is 17.5 Å². The predicted molar refractivity (Wildman–Crippen MR) is 121 cm³/mol. The van der Waals surface area contributed by atoms with Crippen molar-refractivity contribution in [1.29, 1.82) is 0 Å². The van der Waals surface area contributed by atoms with Crippen LogP contribution >= 0.6 is 11.6 Å². The minimum Gasteiger partial charge on any atom is -0.448 e. The molecular weight excluding hydrogens is 497 g/mol. The van der Waals surface area contributed by atoms with E-state index in [2.05, 4.69) is 4.90 Å². The molecule has 1 amide bonds. The number of hydrogen-bond acceptors (Lipinski definition) is 6. The summed E-state index contributed by atoms with van der Waals surface area (Å²) in [6.45, 7) is 3.08. The first kappa shape index (κ1) is 27.0. The lowest BCUT2D eigenvalue weighted by Crippen LogP contribution is -2.54. The first-order valence-corrected chi connectivity index (χ1v) is 13.0. The normalized spacial score (nSPS) is 23.1. The van der Waals surface area contributed by atoms with Gasteiger partial charge in [0.25, 0.3) is 0 Å².